The number of nitrogens with two attached hydrogens (primary N) is 1. The molecule has 9 unspecified atom stereocenters. The molecule has 3 heterocycles. The number of unbranched alkanes of at least 4 members (excludes halogenated alkanes) is 14. The molecule has 0 radical (unpaired) electrons. The molecule has 0 spiro atoms. The minimum absolute atomic E-state index is 0.248. The van der Waals surface area contributed by atoms with Gasteiger partial charge in [0.2, 0.25) is 5.91 Å². The zero-order chi connectivity index (χ0) is 45.5. The first-order valence-electron chi connectivity index (χ1n) is 22.0. The van der Waals surface area contributed by atoms with Crippen molar-refractivity contribution in [3.8, 4) is 0 Å². The average molecular weight is 905 g/mol. The molecule has 3 aliphatic rings. The molecule has 21 heteroatoms. The van der Waals surface area contributed by atoms with Crippen molar-refractivity contribution in [2.24, 2.45) is 5.73 Å². The molecule has 3 saturated heterocycles. The summed E-state index contributed by atoms with van der Waals surface area (Å²) in [6, 6.07) is -3.31. The van der Waals surface area contributed by atoms with Gasteiger partial charge in [-0.3, -0.25) is 4.79 Å². The topological polar surface area (TPSA) is 310 Å². The molecule has 61 heavy (non-hydrogen) atoms. The molecule has 0 bridgehead atoms. The van der Waals surface area contributed by atoms with Gasteiger partial charge in [-0.25, -0.2) is 13.1 Å². The van der Waals surface area contributed by atoms with Crippen molar-refractivity contribution in [3.63, 3.8) is 0 Å². The molecule has 0 aromatic heterocycles. The highest BCUT2D eigenvalue weighted by atomic mass is 32.2. The van der Waals surface area contributed by atoms with Crippen LogP contribution in [-0.4, -0.2) is 182 Å². The van der Waals surface area contributed by atoms with E-state index in [4.69, 9.17) is 44.0 Å². The number of aliphatic hydroxyl groups is 6. The van der Waals surface area contributed by atoms with Crippen LogP contribution in [0.1, 0.15) is 117 Å². The molecule has 0 aromatic rings. The van der Waals surface area contributed by atoms with Crippen LogP contribution in [0.15, 0.2) is 0 Å². The summed E-state index contributed by atoms with van der Waals surface area (Å²) in [7, 11) is -1.05. The molecule has 15 atom stereocenters. The summed E-state index contributed by atoms with van der Waals surface area (Å²) in [5.74, 6) is -0.287. The largest absolute Gasteiger partial charge is 0.735 e. The van der Waals surface area contributed by atoms with Gasteiger partial charge in [0.25, 0.3) is 0 Å². The summed E-state index contributed by atoms with van der Waals surface area (Å²) in [5.41, 5.74) is 5.65. The predicted molar refractivity (Wildman–Crippen MR) is 220 cm³/mol. The van der Waals surface area contributed by atoms with Crippen LogP contribution in [0.5, 0.6) is 0 Å². The second-order valence-electron chi connectivity index (χ2n) is 16.2. The molecule has 3 rings (SSSR count). The Morgan fingerprint density at radius 1 is 0.639 bits per heavy atom. The van der Waals surface area contributed by atoms with E-state index in [1.807, 2.05) is 0 Å². The van der Waals surface area contributed by atoms with Gasteiger partial charge in [-0.15, -0.1) is 0 Å². The van der Waals surface area contributed by atoms with Gasteiger partial charge in [-0.1, -0.05) is 96.8 Å². The minimum atomic E-state index is -5.12. The van der Waals surface area contributed by atoms with Gasteiger partial charge in [0.1, 0.15) is 61.0 Å². The highest BCUT2D eigenvalue weighted by Crippen LogP contribution is 2.30. The zero-order valence-electron chi connectivity index (χ0n) is 36.8. The Balaban J connectivity index is 0.000000770. The molecule has 1 amide bonds. The van der Waals surface area contributed by atoms with Gasteiger partial charge < -0.3 is 79.4 Å². The number of nitrogens with one attached hydrogen (secondary N) is 2. The van der Waals surface area contributed by atoms with Gasteiger partial charge in [-0.2, -0.15) is 0 Å². The zero-order valence-corrected chi connectivity index (χ0v) is 37.6. The first-order valence-corrected chi connectivity index (χ1v) is 23.4. The number of ether oxygens (including phenoxy) is 7. The predicted octanol–water partition coefficient (Wildman–Crippen LogP) is -0.177. The van der Waals surface area contributed by atoms with E-state index in [0.29, 0.717) is 6.42 Å². The third-order valence-electron chi connectivity index (χ3n) is 11.6. The van der Waals surface area contributed by atoms with Gasteiger partial charge in [-0.05, 0) is 13.3 Å². The second kappa shape index (κ2) is 30.1. The molecule has 3 fully saturated rings. The number of aliphatic hydroxyl groups excluding tert-OH is 6. The lowest BCUT2D eigenvalue weighted by atomic mass is 9.92. The fourth-order valence-electron chi connectivity index (χ4n) is 8.08. The second-order valence-corrected chi connectivity index (χ2v) is 17.3. The summed E-state index contributed by atoms with van der Waals surface area (Å²) < 4.78 is 74.0. The molecule has 3 aliphatic heterocycles. The fourth-order valence-corrected chi connectivity index (χ4v) is 8.67. The van der Waals surface area contributed by atoms with Crippen molar-refractivity contribution < 1.29 is 81.6 Å². The molecule has 0 aromatic carbocycles. The normalized spacial score (nSPS) is 34.4. The van der Waals surface area contributed by atoms with Crippen molar-refractivity contribution in [1.82, 2.24) is 10.0 Å². The summed E-state index contributed by atoms with van der Waals surface area (Å²) in [5, 5.41) is 63.2. The van der Waals surface area contributed by atoms with E-state index in [1.54, 1.807) is 11.6 Å². The number of hydrogen-bond donors (Lipinski definition) is 9. The molecule has 0 saturated carbocycles. The summed E-state index contributed by atoms with van der Waals surface area (Å²) >= 11 is 0. The number of amides is 1. The highest BCUT2D eigenvalue weighted by Gasteiger charge is 2.51. The fraction of sp³-hybridized carbons (Fsp3) is 0.975. The van der Waals surface area contributed by atoms with Gasteiger partial charge in [0, 0.05) is 27.8 Å². The Kier molecular flexibility index (Phi) is 27.6. The maximum Gasteiger partial charge on any atom is 0.220 e. The summed E-state index contributed by atoms with van der Waals surface area (Å²) in [6.45, 7) is 2.37. The standard InChI is InChI=1S/C32H62N2O12S.C8H17NO5/c1-4-5-6-7-8-9-10-11-12-13-14-15-16-17-18-19-25(37)33-26-22(2)44-24(21-36)31(28(26)38)46-32-27(34-47(40,41)42)29(39)30(43-3)23(20-35)45-32;1-12-7-4(3-10)14-8(13-2)5(9)6(7)11/h22-24,26-32,34-36,38-39H,4-21H2,1-3H3,(H,33,37)(H,40,41,42);4-8,10-11H,3,9H2,1-2H3/p-1/t22?,23?,24?,26-,27+,28?,29?,30-,31-,32?;4?,5-,6?,7+,8?/m10/s1. The Hall–Kier alpha value is -1.22. The van der Waals surface area contributed by atoms with Crippen molar-refractivity contribution in [1.29, 1.82) is 0 Å². The molecule has 20 nitrogen and oxygen atoms in total. The van der Waals surface area contributed by atoms with Crippen LogP contribution in [0, 0.1) is 0 Å². The van der Waals surface area contributed by atoms with E-state index in [-0.39, 0.29) is 18.9 Å². The summed E-state index contributed by atoms with van der Waals surface area (Å²) in [6.07, 6.45) is 5.17. The molecular weight excluding hydrogens is 827 g/mol. The van der Waals surface area contributed by atoms with E-state index in [1.165, 1.54) is 92.0 Å². The number of carbonyl (C=O) groups excluding carboxylic acids is 1. The lowest BCUT2D eigenvalue weighted by molar-refractivity contribution is -0.314. The Labute approximate surface area is 362 Å². The van der Waals surface area contributed by atoms with Crippen LogP contribution in [-0.2, 0) is 48.3 Å². The van der Waals surface area contributed by atoms with Crippen molar-refractivity contribution in [2.45, 2.75) is 208 Å². The Bertz CT molecular complexity index is 1270. The number of hydrogen-bond acceptors (Lipinski definition) is 18. The molecule has 362 valence electrons. The van der Waals surface area contributed by atoms with Crippen molar-refractivity contribution in [2.75, 3.05) is 41.2 Å². The minimum Gasteiger partial charge on any atom is -0.735 e. The SMILES string of the molecule is CCCCCCCCCCCCCCCCCC(=O)N[C@@H]1C(C)OC(CO)[C@@H](OC2OC(CO)[C@@H](OC)C(O)[C@@H]2NS(=O)(=O)[O-])C1O.COC1OC(CO)[C@@H](OC)C(O)[C@@H]1N. The van der Waals surface area contributed by atoms with E-state index in [2.05, 4.69) is 12.2 Å². The van der Waals surface area contributed by atoms with Crippen molar-refractivity contribution in [3.05, 3.63) is 0 Å². The number of carbonyl (C=O) groups is 1. The highest BCUT2D eigenvalue weighted by molar-refractivity contribution is 7.83. The van der Waals surface area contributed by atoms with E-state index >= 15 is 0 Å². The van der Waals surface area contributed by atoms with Crippen LogP contribution >= 0.6 is 0 Å². The quantitative estimate of drug-likeness (QED) is 0.0382. The lowest BCUT2D eigenvalue weighted by Crippen LogP contribution is -2.69. The van der Waals surface area contributed by atoms with Crippen LogP contribution in [0.4, 0.5) is 0 Å². The van der Waals surface area contributed by atoms with Crippen molar-refractivity contribution >= 4 is 16.2 Å². The first kappa shape index (κ1) is 55.9. The first-order chi connectivity index (χ1) is 29.1. The smallest absolute Gasteiger partial charge is 0.220 e. The van der Waals surface area contributed by atoms with E-state index in [0.717, 1.165) is 19.3 Å². The molecule has 10 N–H and O–H groups in total. The van der Waals surface area contributed by atoms with Crippen LogP contribution < -0.4 is 15.8 Å². The number of rotatable bonds is 27. The third-order valence-corrected chi connectivity index (χ3v) is 12.1. The summed E-state index contributed by atoms with van der Waals surface area (Å²) in [4.78, 5) is 12.8. The Morgan fingerprint density at radius 3 is 1.51 bits per heavy atom. The van der Waals surface area contributed by atoms with E-state index in [9.17, 15) is 43.3 Å². The van der Waals surface area contributed by atoms with Gasteiger partial charge >= 0.3 is 0 Å². The molecule has 0 aliphatic carbocycles. The maximum atomic E-state index is 12.8. The number of methoxy groups -OCH3 is 3. The lowest BCUT2D eigenvalue weighted by Gasteiger charge is -2.48. The molecular formula is C40H78N3O17S-. The maximum absolute atomic E-state index is 12.8. The van der Waals surface area contributed by atoms with E-state index < -0.39 is 115 Å². The Morgan fingerprint density at radius 2 is 1.07 bits per heavy atom. The van der Waals surface area contributed by atoms with Crippen LogP contribution in [0.25, 0.3) is 0 Å². The third kappa shape index (κ3) is 18.7. The van der Waals surface area contributed by atoms with Crippen LogP contribution in [0.3, 0.4) is 0 Å². The monoisotopic (exact) mass is 905 g/mol. The van der Waals surface area contributed by atoms with Crippen LogP contribution in [0.2, 0.25) is 0 Å². The average Bonchev–Trinajstić information content (AvgIpc) is 3.23. The van der Waals surface area contributed by atoms with Gasteiger partial charge in [0.15, 0.2) is 22.9 Å². The van der Waals surface area contributed by atoms with Gasteiger partial charge in [0.05, 0.1) is 38.0 Å².